The van der Waals surface area contributed by atoms with Crippen LogP contribution in [-0.4, -0.2) is 80.4 Å². The number of rotatable bonds is 13. The molecule has 2 heterocycles. The van der Waals surface area contributed by atoms with Crippen LogP contribution in [0, 0.1) is 5.41 Å². The average molecular weight is 588 g/mol. The number of hydrogen-bond acceptors (Lipinski definition) is 7. The van der Waals surface area contributed by atoms with Gasteiger partial charge in [0.15, 0.2) is 0 Å². The molecule has 4 N–H and O–H groups in total. The monoisotopic (exact) mass is 587 g/mol. The third-order valence-electron chi connectivity index (χ3n) is 7.72. The fourth-order valence-electron chi connectivity index (χ4n) is 5.33. The molecule has 42 heavy (non-hydrogen) atoms. The molecule has 3 amide bonds. The molecule has 3 rings (SSSR count). The highest BCUT2D eigenvalue weighted by Crippen LogP contribution is 2.29. The Morgan fingerprint density at radius 1 is 1.10 bits per heavy atom. The summed E-state index contributed by atoms with van der Waals surface area (Å²) in [7, 11) is 3.38. The van der Waals surface area contributed by atoms with Crippen molar-refractivity contribution in [1.29, 1.82) is 0 Å². The zero-order chi connectivity index (χ0) is 31.2. The number of carboxylic acid groups (broad SMARTS) is 1. The molecule has 1 aromatic heterocycles. The number of nitrogens with zero attached hydrogens (tertiary/aromatic N) is 3. The number of aliphatic hydroxyl groups is 1. The molecule has 1 aliphatic heterocycles. The van der Waals surface area contributed by atoms with Crippen molar-refractivity contribution >= 4 is 34.6 Å². The molecule has 0 radical (unpaired) electrons. The minimum absolute atomic E-state index is 0.00380. The highest BCUT2D eigenvalue weighted by molar-refractivity contribution is 5.93. The standard InChI is InChI=1S/C30H45N5O7/c1-18(19-13-14-22-21(15-19)28(42-6)33-34(22)5)31-27(40)23-16-20(36)17-35(23)29(41)26(30(2,3)4)32-24(37)11-9-7-8-10-12-25(38)39/h13-15,18,20,23,26,36H,7-12,16-17H2,1-6H3,(H,31,40)(H,32,37)(H,38,39)/t18-,20+,23-,26+/m0/s1. The fourth-order valence-corrected chi connectivity index (χ4v) is 5.33. The van der Waals surface area contributed by atoms with Crippen LogP contribution in [0.15, 0.2) is 18.2 Å². The lowest BCUT2D eigenvalue weighted by Crippen LogP contribution is -2.57. The molecule has 0 bridgehead atoms. The Morgan fingerprint density at radius 3 is 2.38 bits per heavy atom. The number of amides is 3. The van der Waals surface area contributed by atoms with Gasteiger partial charge in [0, 0.05) is 32.9 Å². The number of likely N-dealkylation sites (tertiary alicyclic amines) is 1. The van der Waals surface area contributed by atoms with Crippen molar-refractivity contribution in [3.8, 4) is 5.88 Å². The molecule has 232 valence electrons. The summed E-state index contributed by atoms with van der Waals surface area (Å²) in [6, 6.07) is 3.55. The Morgan fingerprint density at radius 2 is 1.76 bits per heavy atom. The van der Waals surface area contributed by atoms with Crippen molar-refractivity contribution in [2.45, 2.75) is 96.9 Å². The van der Waals surface area contributed by atoms with Gasteiger partial charge in [-0.15, -0.1) is 5.10 Å². The van der Waals surface area contributed by atoms with E-state index in [1.165, 1.54) is 4.90 Å². The lowest BCUT2D eigenvalue weighted by atomic mass is 9.85. The first-order valence-electron chi connectivity index (χ1n) is 14.5. The van der Waals surface area contributed by atoms with E-state index in [-0.39, 0.29) is 37.6 Å². The van der Waals surface area contributed by atoms with Gasteiger partial charge in [0.1, 0.15) is 12.1 Å². The number of hydrogen-bond donors (Lipinski definition) is 4. The first-order chi connectivity index (χ1) is 19.7. The first-order valence-corrected chi connectivity index (χ1v) is 14.5. The zero-order valence-corrected chi connectivity index (χ0v) is 25.5. The Hall–Kier alpha value is -3.67. The summed E-state index contributed by atoms with van der Waals surface area (Å²) >= 11 is 0. The number of ether oxygens (including phenoxy) is 1. The molecule has 1 aromatic carbocycles. The molecule has 4 atom stereocenters. The lowest BCUT2D eigenvalue weighted by Gasteiger charge is -2.35. The van der Waals surface area contributed by atoms with Crippen molar-refractivity contribution in [2.75, 3.05) is 13.7 Å². The number of β-amino-alcohol motifs (C(OH)–C–C–N with tert-alkyl or cyclic N) is 1. The van der Waals surface area contributed by atoms with Crippen LogP contribution >= 0.6 is 0 Å². The lowest BCUT2D eigenvalue weighted by molar-refractivity contribution is -0.144. The van der Waals surface area contributed by atoms with E-state index in [2.05, 4.69) is 15.7 Å². The maximum atomic E-state index is 13.8. The van der Waals surface area contributed by atoms with Crippen LogP contribution in [0.1, 0.15) is 84.2 Å². The average Bonchev–Trinajstić information content (AvgIpc) is 3.47. The van der Waals surface area contributed by atoms with Crippen molar-refractivity contribution in [3.63, 3.8) is 0 Å². The number of carbonyl (C=O) groups excluding carboxylic acids is 3. The quantitative estimate of drug-likeness (QED) is 0.260. The Balaban J connectivity index is 1.66. The molecular formula is C30H45N5O7. The van der Waals surface area contributed by atoms with Crippen LogP contribution in [0.4, 0.5) is 0 Å². The summed E-state index contributed by atoms with van der Waals surface area (Å²) < 4.78 is 7.10. The van der Waals surface area contributed by atoms with Crippen LogP contribution in [0.5, 0.6) is 5.88 Å². The number of methoxy groups -OCH3 is 1. The molecular weight excluding hydrogens is 542 g/mol. The van der Waals surface area contributed by atoms with Gasteiger partial charge in [0.2, 0.25) is 23.6 Å². The predicted octanol–water partition coefficient (Wildman–Crippen LogP) is 2.68. The maximum Gasteiger partial charge on any atom is 0.303 e. The SMILES string of the molecule is COc1nn(C)c2ccc([C@H](C)NC(=O)[C@@H]3C[C@@H](O)CN3C(=O)[C@@H](NC(=O)CCCCCCC(=O)O)C(C)(C)C)cc12. The molecule has 2 aromatic rings. The third-order valence-corrected chi connectivity index (χ3v) is 7.72. The van der Waals surface area contributed by atoms with Gasteiger partial charge in [0.25, 0.3) is 0 Å². The molecule has 12 nitrogen and oxygen atoms in total. The Labute approximate surface area is 246 Å². The van der Waals surface area contributed by atoms with E-state index in [4.69, 9.17) is 9.84 Å². The van der Waals surface area contributed by atoms with Crippen LogP contribution in [-0.2, 0) is 26.2 Å². The Bertz CT molecular complexity index is 1280. The van der Waals surface area contributed by atoms with Crippen molar-refractivity contribution in [1.82, 2.24) is 25.3 Å². The van der Waals surface area contributed by atoms with Crippen LogP contribution in [0.2, 0.25) is 0 Å². The van der Waals surface area contributed by atoms with Gasteiger partial charge in [0.05, 0.1) is 30.2 Å². The zero-order valence-electron chi connectivity index (χ0n) is 25.5. The number of aliphatic hydroxyl groups excluding tert-OH is 1. The van der Waals surface area contributed by atoms with E-state index in [1.54, 1.807) is 11.8 Å². The van der Waals surface area contributed by atoms with Crippen LogP contribution < -0.4 is 15.4 Å². The minimum Gasteiger partial charge on any atom is -0.481 e. The van der Waals surface area contributed by atoms with E-state index >= 15 is 0 Å². The Kier molecular flexibility index (Phi) is 10.9. The summed E-state index contributed by atoms with van der Waals surface area (Å²) in [5, 5.41) is 30.2. The predicted molar refractivity (Wildman–Crippen MR) is 157 cm³/mol. The van der Waals surface area contributed by atoms with Crippen molar-refractivity contribution in [3.05, 3.63) is 23.8 Å². The molecule has 1 aliphatic rings. The van der Waals surface area contributed by atoms with Gasteiger partial charge in [-0.3, -0.25) is 23.9 Å². The number of aromatic nitrogens is 2. The number of benzene rings is 1. The molecule has 0 saturated carbocycles. The van der Waals surface area contributed by atoms with E-state index in [0.29, 0.717) is 31.6 Å². The second kappa shape index (κ2) is 14.0. The summed E-state index contributed by atoms with van der Waals surface area (Å²) in [5.41, 5.74) is 1.08. The number of aryl methyl sites for hydroxylation is 1. The first kappa shape index (κ1) is 32.8. The van der Waals surface area contributed by atoms with Gasteiger partial charge in [-0.05, 0) is 42.9 Å². The van der Waals surface area contributed by atoms with Crippen LogP contribution in [0.25, 0.3) is 10.9 Å². The fraction of sp³-hybridized carbons (Fsp3) is 0.633. The second-order valence-corrected chi connectivity index (χ2v) is 12.2. The molecule has 0 spiro atoms. The van der Waals surface area contributed by atoms with Crippen LogP contribution in [0.3, 0.4) is 0 Å². The maximum absolute atomic E-state index is 13.8. The number of fused-ring (bicyclic) bond motifs is 1. The van der Waals surface area contributed by atoms with Gasteiger partial charge in [-0.25, -0.2) is 0 Å². The van der Waals surface area contributed by atoms with Gasteiger partial charge >= 0.3 is 5.97 Å². The number of carbonyl (C=O) groups is 4. The number of carboxylic acids is 1. The van der Waals surface area contributed by atoms with E-state index in [0.717, 1.165) is 16.5 Å². The van der Waals surface area contributed by atoms with Gasteiger partial charge in [-0.1, -0.05) is 39.7 Å². The highest BCUT2D eigenvalue weighted by Gasteiger charge is 2.44. The normalized spacial score (nSPS) is 18.5. The van der Waals surface area contributed by atoms with Crippen molar-refractivity contribution in [2.24, 2.45) is 12.5 Å². The highest BCUT2D eigenvalue weighted by atomic mass is 16.5. The number of unbranched alkanes of at least 4 members (excludes halogenated alkanes) is 3. The summed E-state index contributed by atoms with van der Waals surface area (Å²) in [6.07, 6.45) is 2.13. The van der Waals surface area contributed by atoms with E-state index < -0.39 is 41.5 Å². The smallest absolute Gasteiger partial charge is 0.303 e. The van der Waals surface area contributed by atoms with Gasteiger partial charge in [-0.2, -0.15) is 0 Å². The molecule has 0 aliphatic carbocycles. The topological polar surface area (TPSA) is 163 Å². The van der Waals surface area contributed by atoms with Crippen molar-refractivity contribution < 1.29 is 34.1 Å². The summed E-state index contributed by atoms with van der Waals surface area (Å²) in [6.45, 7) is 7.37. The molecule has 1 fully saturated rings. The second-order valence-electron chi connectivity index (χ2n) is 12.2. The molecule has 0 unspecified atom stereocenters. The third kappa shape index (κ3) is 8.21. The molecule has 12 heteroatoms. The van der Waals surface area contributed by atoms with E-state index in [1.807, 2.05) is 52.9 Å². The minimum atomic E-state index is -0.893. The summed E-state index contributed by atoms with van der Waals surface area (Å²) in [4.78, 5) is 52.0. The molecule has 1 saturated heterocycles. The largest absolute Gasteiger partial charge is 0.481 e. The number of aliphatic carboxylic acids is 1. The van der Waals surface area contributed by atoms with Gasteiger partial charge < -0.3 is 30.5 Å². The summed E-state index contributed by atoms with van der Waals surface area (Å²) in [5.74, 6) is -1.43. The van der Waals surface area contributed by atoms with E-state index in [9.17, 15) is 24.3 Å². The number of nitrogens with one attached hydrogen (secondary N) is 2.